The molecule has 0 atom stereocenters. The molecular formula is C16H16O5. The Bertz CT molecular complexity index is 580. The summed E-state index contributed by atoms with van der Waals surface area (Å²) in [7, 11) is 0. The second-order valence-electron chi connectivity index (χ2n) is 4.36. The zero-order valence-electron chi connectivity index (χ0n) is 11.3. The Balaban J connectivity index is 1.96. The van der Waals surface area contributed by atoms with Gasteiger partial charge in [-0.25, -0.2) is 0 Å². The van der Waals surface area contributed by atoms with E-state index in [0.29, 0.717) is 17.9 Å². The van der Waals surface area contributed by atoms with Gasteiger partial charge in [0.05, 0.1) is 0 Å². The minimum atomic E-state index is -1.95. The number of hydrogen-bond acceptors (Lipinski definition) is 5. The van der Waals surface area contributed by atoms with Crippen LogP contribution in [0.1, 0.15) is 15.9 Å². The molecule has 0 unspecified atom stereocenters. The van der Waals surface area contributed by atoms with Crippen LogP contribution in [0, 0.1) is 0 Å². The molecule has 0 fully saturated rings. The molecule has 2 aromatic rings. The molecule has 2 N–H and O–H groups in total. The van der Waals surface area contributed by atoms with E-state index in [0.717, 1.165) is 5.56 Å². The first-order valence-electron chi connectivity index (χ1n) is 6.43. The van der Waals surface area contributed by atoms with Crippen molar-refractivity contribution in [2.75, 3.05) is 6.61 Å². The summed E-state index contributed by atoms with van der Waals surface area (Å²) < 4.78 is 10.1. The first-order valence-corrected chi connectivity index (χ1v) is 6.43. The predicted molar refractivity (Wildman–Crippen MR) is 75.7 cm³/mol. The van der Waals surface area contributed by atoms with Crippen LogP contribution in [-0.4, -0.2) is 29.1 Å². The lowest BCUT2D eigenvalue weighted by Gasteiger charge is -2.08. The SMILES string of the molecule is O=C(COC(O)O)c1cccc(OCc2ccccc2)c1. The molecule has 21 heavy (non-hydrogen) atoms. The summed E-state index contributed by atoms with van der Waals surface area (Å²) >= 11 is 0. The molecule has 0 bridgehead atoms. The van der Waals surface area contributed by atoms with E-state index in [1.807, 2.05) is 30.3 Å². The minimum absolute atomic E-state index is 0.353. The van der Waals surface area contributed by atoms with Crippen molar-refractivity contribution >= 4 is 5.78 Å². The third-order valence-corrected chi connectivity index (χ3v) is 2.77. The van der Waals surface area contributed by atoms with Gasteiger partial charge < -0.3 is 19.7 Å². The van der Waals surface area contributed by atoms with Crippen LogP contribution in [0.5, 0.6) is 5.75 Å². The number of aliphatic hydroxyl groups is 2. The summed E-state index contributed by atoms with van der Waals surface area (Å²) in [5.41, 5.74) is 1.42. The van der Waals surface area contributed by atoms with Gasteiger partial charge in [0.2, 0.25) is 0 Å². The van der Waals surface area contributed by atoms with Gasteiger partial charge in [0.25, 0.3) is 6.48 Å². The molecule has 5 heteroatoms. The molecule has 5 nitrogen and oxygen atoms in total. The van der Waals surface area contributed by atoms with Gasteiger partial charge in [-0.3, -0.25) is 4.79 Å². The lowest BCUT2D eigenvalue weighted by Crippen LogP contribution is -2.17. The van der Waals surface area contributed by atoms with E-state index < -0.39 is 13.1 Å². The van der Waals surface area contributed by atoms with Crippen LogP contribution in [0.15, 0.2) is 54.6 Å². The van der Waals surface area contributed by atoms with Crippen LogP contribution in [0.2, 0.25) is 0 Å². The quantitative estimate of drug-likeness (QED) is 0.599. The van der Waals surface area contributed by atoms with Crippen LogP contribution in [-0.2, 0) is 11.3 Å². The van der Waals surface area contributed by atoms with Gasteiger partial charge in [-0.05, 0) is 17.7 Å². The Kier molecular flexibility index (Phi) is 5.45. The maximum Gasteiger partial charge on any atom is 0.266 e. The fraction of sp³-hybridized carbons (Fsp3) is 0.188. The van der Waals surface area contributed by atoms with E-state index in [4.69, 9.17) is 14.9 Å². The molecule has 0 spiro atoms. The number of benzene rings is 2. The molecule has 0 aliphatic carbocycles. The fourth-order valence-corrected chi connectivity index (χ4v) is 1.73. The average molecular weight is 288 g/mol. The monoisotopic (exact) mass is 288 g/mol. The van der Waals surface area contributed by atoms with Crippen molar-refractivity contribution in [2.45, 2.75) is 13.1 Å². The van der Waals surface area contributed by atoms with Crippen molar-refractivity contribution in [3.05, 3.63) is 65.7 Å². The van der Waals surface area contributed by atoms with Crippen LogP contribution in [0.3, 0.4) is 0 Å². The molecule has 0 amide bonds. The number of hydrogen-bond donors (Lipinski definition) is 2. The number of carbonyl (C=O) groups is 1. The number of aliphatic hydroxyl groups excluding tert-OH is 1. The van der Waals surface area contributed by atoms with Gasteiger partial charge in [-0.1, -0.05) is 42.5 Å². The van der Waals surface area contributed by atoms with E-state index in [-0.39, 0.29) is 5.78 Å². The third kappa shape index (κ3) is 5.00. The Labute approximate surface area is 122 Å². The second kappa shape index (κ2) is 7.54. The highest BCUT2D eigenvalue weighted by molar-refractivity contribution is 5.97. The van der Waals surface area contributed by atoms with E-state index in [1.54, 1.807) is 24.3 Å². The van der Waals surface area contributed by atoms with Crippen LogP contribution in [0.25, 0.3) is 0 Å². The Morgan fingerprint density at radius 1 is 1.05 bits per heavy atom. The lowest BCUT2D eigenvalue weighted by atomic mass is 10.1. The highest BCUT2D eigenvalue weighted by Crippen LogP contribution is 2.16. The van der Waals surface area contributed by atoms with Crippen molar-refractivity contribution in [1.29, 1.82) is 0 Å². The standard InChI is InChI=1S/C16H16O5/c17-15(11-21-16(18)19)13-7-4-8-14(9-13)20-10-12-5-2-1-3-6-12/h1-9,16,18-19H,10-11H2. The third-order valence-electron chi connectivity index (χ3n) is 2.77. The molecule has 2 rings (SSSR count). The molecule has 0 aromatic heterocycles. The molecule has 0 aliphatic rings. The smallest absolute Gasteiger partial charge is 0.266 e. The number of ether oxygens (including phenoxy) is 2. The molecule has 0 saturated heterocycles. The van der Waals surface area contributed by atoms with Crippen molar-refractivity contribution in [1.82, 2.24) is 0 Å². The fourth-order valence-electron chi connectivity index (χ4n) is 1.73. The van der Waals surface area contributed by atoms with Gasteiger partial charge in [0.1, 0.15) is 19.0 Å². The lowest BCUT2D eigenvalue weighted by molar-refractivity contribution is -0.227. The van der Waals surface area contributed by atoms with E-state index in [9.17, 15) is 4.79 Å². The van der Waals surface area contributed by atoms with Crippen LogP contribution < -0.4 is 4.74 Å². The van der Waals surface area contributed by atoms with Crippen LogP contribution in [0.4, 0.5) is 0 Å². The zero-order valence-corrected chi connectivity index (χ0v) is 11.3. The van der Waals surface area contributed by atoms with Gasteiger partial charge in [-0.15, -0.1) is 0 Å². The number of Topliss-reactive ketones (excluding diaryl/α,β-unsaturated/α-hetero) is 1. The van der Waals surface area contributed by atoms with Gasteiger partial charge >= 0.3 is 0 Å². The van der Waals surface area contributed by atoms with Crippen molar-refractivity contribution in [3.63, 3.8) is 0 Å². The maximum atomic E-state index is 11.8. The summed E-state index contributed by atoms with van der Waals surface area (Å²) in [5.74, 6) is 0.211. The van der Waals surface area contributed by atoms with E-state index >= 15 is 0 Å². The van der Waals surface area contributed by atoms with Crippen LogP contribution >= 0.6 is 0 Å². The van der Waals surface area contributed by atoms with Crippen molar-refractivity contribution in [3.8, 4) is 5.75 Å². The summed E-state index contributed by atoms with van der Waals surface area (Å²) in [4.78, 5) is 11.8. The molecule has 0 saturated carbocycles. The van der Waals surface area contributed by atoms with E-state index in [1.165, 1.54) is 0 Å². The van der Waals surface area contributed by atoms with Gasteiger partial charge in [0, 0.05) is 5.56 Å². The van der Waals surface area contributed by atoms with Crippen molar-refractivity contribution < 1.29 is 24.5 Å². The van der Waals surface area contributed by atoms with Crippen molar-refractivity contribution in [2.24, 2.45) is 0 Å². The van der Waals surface area contributed by atoms with E-state index in [2.05, 4.69) is 4.74 Å². The summed E-state index contributed by atoms with van der Waals surface area (Å²) in [6.45, 7) is -1.95. The van der Waals surface area contributed by atoms with Gasteiger partial charge in [0.15, 0.2) is 5.78 Å². The molecule has 110 valence electrons. The topological polar surface area (TPSA) is 76.0 Å². The maximum absolute atomic E-state index is 11.8. The highest BCUT2D eigenvalue weighted by atomic mass is 16.7. The predicted octanol–water partition coefficient (Wildman–Crippen LogP) is 1.73. The average Bonchev–Trinajstić information content (AvgIpc) is 2.52. The Morgan fingerprint density at radius 3 is 2.52 bits per heavy atom. The number of carbonyl (C=O) groups excluding carboxylic acids is 1. The second-order valence-corrected chi connectivity index (χ2v) is 4.36. The molecular weight excluding hydrogens is 272 g/mol. The Hall–Kier alpha value is -2.21. The summed E-state index contributed by atoms with van der Waals surface area (Å²) in [6, 6.07) is 16.3. The normalized spacial score (nSPS) is 10.6. The Morgan fingerprint density at radius 2 is 1.81 bits per heavy atom. The minimum Gasteiger partial charge on any atom is -0.489 e. The molecule has 0 radical (unpaired) electrons. The number of rotatable bonds is 7. The highest BCUT2D eigenvalue weighted by Gasteiger charge is 2.09. The first kappa shape index (κ1) is 15.2. The largest absolute Gasteiger partial charge is 0.489 e. The molecule has 2 aromatic carbocycles. The summed E-state index contributed by atoms with van der Waals surface area (Å²) in [6.07, 6.45) is 0. The first-order chi connectivity index (χ1) is 10.1. The van der Waals surface area contributed by atoms with Gasteiger partial charge in [-0.2, -0.15) is 0 Å². The summed E-state index contributed by atoms with van der Waals surface area (Å²) in [5, 5.41) is 17.1. The molecule has 0 aliphatic heterocycles. The molecule has 0 heterocycles. The zero-order chi connectivity index (χ0) is 15.1. The number of ketones is 1.